The van der Waals surface area contributed by atoms with Crippen molar-refractivity contribution in [2.24, 2.45) is 11.7 Å². The molecule has 5 N–H and O–H groups in total. The molecule has 2 aliphatic carbocycles. The van der Waals surface area contributed by atoms with E-state index in [2.05, 4.69) is 6.07 Å². The molecular formula is C17H24BNO4. The molecule has 1 aromatic carbocycles. The van der Waals surface area contributed by atoms with E-state index in [1.54, 1.807) is 0 Å². The average Bonchev–Trinajstić information content (AvgIpc) is 2.81. The number of fused-ring (bicyclic) bond motifs is 1. The molecule has 0 heterocycles. The summed E-state index contributed by atoms with van der Waals surface area (Å²) in [5.41, 5.74) is 9.16. The van der Waals surface area contributed by atoms with Gasteiger partial charge in [0.15, 0.2) is 0 Å². The molecule has 0 amide bonds. The summed E-state index contributed by atoms with van der Waals surface area (Å²) < 4.78 is 0. The Morgan fingerprint density at radius 1 is 1.35 bits per heavy atom. The average molecular weight is 317 g/mol. The van der Waals surface area contributed by atoms with E-state index in [0.717, 1.165) is 42.4 Å². The SMILES string of the molecule is NC1(c2ccc3c(c2)[C@@H](C(=O)O)C(CCCB(O)O)C3)CCC1. The molecule has 6 heteroatoms. The van der Waals surface area contributed by atoms with Crippen molar-refractivity contribution >= 4 is 13.1 Å². The third-order valence-corrected chi connectivity index (χ3v) is 5.56. The summed E-state index contributed by atoms with van der Waals surface area (Å²) in [6.07, 6.45) is 5.38. The molecule has 1 fully saturated rings. The number of aliphatic carboxylic acids is 1. The van der Waals surface area contributed by atoms with Crippen molar-refractivity contribution in [1.29, 1.82) is 0 Å². The quantitative estimate of drug-likeness (QED) is 0.597. The van der Waals surface area contributed by atoms with Gasteiger partial charge in [0.1, 0.15) is 0 Å². The van der Waals surface area contributed by atoms with E-state index < -0.39 is 19.0 Å². The summed E-state index contributed by atoms with van der Waals surface area (Å²) in [5, 5.41) is 27.6. The maximum absolute atomic E-state index is 11.8. The van der Waals surface area contributed by atoms with Crippen LogP contribution >= 0.6 is 0 Å². The van der Waals surface area contributed by atoms with Crippen LogP contribution in [0.2, 0.25) is 6.32 Å². The van der Waals surface area contributed by atoms with Gasteiger partial charge in [0.25, 0.3) is 0 Å². The summed E-state index contributed by atoms with van der Waals surface area (Å²) in [6.45, 7) is 0. The molecule has 0 saturated heterocycles. The molecule has 0 aromatic heterocycles. The largest absolute Gasteiger partial charge is 0.481 e. The van der Waals surface area contributed by atoms with Gasteiger partial charge in [-0.1, -0.05) is 24.6 Å². The second-order valence-corrected chi connectivity index (χ2v) is 7.11. The highest BCUT2D eigenvalue weighted by Gasteiger charge is 2.40. The van der Waals surface area contributed by atoms with Crippen LogP contribution in [0.5, 0.6) is 0 Å². The Balaban J connectivity index is 1.80. The maximum Gasteiger partial charge on any atom is 0.451 e. The Morgan fingerprint density at radius 2 is 2.09 bits per heavy atom. The molecule has 1 aromatic rings. The van der Waals surface area contributed by atoms with Crippen molar-refractivity contribution in [3.05, 3.63) is 34.9 Å². The molecule has 3 rings (SSSR count). The highest BCUT2D eigenvalue weighted by molar-refractivity contribution is 6.40. The standard InChI is InChI=1S/C17H24BNO4/c19-17(6-2-7-17)13-5-4-11-9-12(3-1-8-18(22)23)15(16(20)21)14(11)10-13/h4-5,10,12,15,22-23H,1-3,6-9,19H2,(H,20,21)/t12?,15-/m0/s1. The minimum atomic E-state index is -1.32. The molecule has 0 spiro atoms. The van der Waals surface area contributed by atoms with E-state index in [1.807, 2.05) is 12.1 Å². The predicted molar refractivity (Wildman–Crippen MR) is 88.0 cm³/mol. The van der Waals surface area contributed by atoms with Gasteiger partial charge in [0.05, 0.1) is 5.92 Å². The Hall–Kier alpha value is -1.37. The molecule has 23 heavy (non-hydrogen) atoms. The first-order valence-corrected chi connectivity index (χ1v) is 8.42. The van der Waals surface area contributed by atoms with Crippen molar-refractivity contribution in [1.82, 2.24) is 0 Å². The molecule has 1 unspecified atom stereocenters. The van der Waals surface area contributed by atoms with Crippen LogP contribution in [0.25, 0.3) is 0 Å². The zero-order valence-corrected chi connectivity index (χ0v) is 13.2. The number of hydrogen-bond donors (Lipinski definition) is 4. The first-order chi connectivity index (χ1) is 10.9. The molecular weight excluding hydrogens is 293 g/mol. The Morgan fingerprint density at radius 3 is 2.65 bits per heavy atom. The monoisotopic (exact) mass is 317 g/mol. The third-order valence-electron chi connectivity index (χ3n) is 5.56. The highest BCUT2D eigenvalue weighted by atomic mass is 16.4. The van der Waals surface area contributed by atoms with Crippen LogP contribution in [0, 0.1) is 5.92 Å². The predicted octanol–water partition coefficient (Wildman–Crippen LogP) is 1.62. The Kier molecular flexibility index (Phi) is 4.49. The fraction of sp³-hybridized carbons (Fsp3) is 0.588. The van der Waals surface area contributed by atoms with E-state index in [4.69, 9.17) is 15.8 Å². The van der Waals surface area contributed by atoms with Crippen LogP contribution in [0.15, 0.2) is 18.2 Å². The minimum Gasteiger partial charge on any atom is -0.481 e. The van der Waals surface area contributed by atoms with Gasteiger partial charge in [-0.25, -0.2) is 0 Å². The Bertz CT molecular complexity index is 600. The third kappa shape index (κ3) is 3.16. The zero-order valence-electron chi connectivity index (χ0n) is 13.2. The van der Waals surface area contributed by atoms with E-state index in [-0.39, 0.29) is 17.8 Å². The molecule has 0 radical (unpaired) electrons. The second kappa shape index (κ2) is 6.26. The molecule has 0 aliphatic heterocycles. The van der Waals surface area contributed by atoms with Gasteiger partial charge < -0.3 is 20.9 Å². The number of nitrogens with two attached hydrogens (primary N) is 1. The van der Waals surface area contributed by atoms with Crippen molar-refractivity contribution < 1.29 is 19.9 Å². The van der Waals surface area contributed by atoms with E-state index in [1.165, 1.54) is 0 Å². The highest BCUT2D eigenvalue weighted by Crippen LogP contribution is 2.45. The number of carboxylic acid groups (broad SMARTS) is 1. The van der Waals surface area contributed by atoms with Crippen molar-refractivity contribution in [2.45, 2.75) is 56.3 Å². The molecule has 2 atom stereocenters. The van der Waals surface area contributed by atoms with E-state index >= 15 is 0 Å². The maximum atomic E-state index is 11.8. The topological polar surface area (TPSA) is 104 Å². The number of carboxylic acids is 1. The van der Waals surface area contributed by atoms with Crippen LogP contribution in [-0.2, 0) is 16.8 Å². The lowest BCUT2D eigenvalue weighted by Crippen LogP contribution is -2.43. The summed E-state index contributed by atoms with van der Waals surface area (Å²) >= 11 is 0. The molecule has 2 aliphatic rings. The fourth-order valence-corrected chi connectivity index (χ4v) is 4.05. The van der Waals surface area contributed by atoms with E-state index in [0.29, 0.717) is 12.8 Å². The van der Waals surface area contributed by atoms with Gasteiger partial charge in [-0.3, -0.25) is 4.79 Å². The minimum absolute atomic E-state index is 0.0200. The summed E-state index contributed by atoms with van der Waals surface area (Å²) in [6, 6.07) is 6.10. The first kappa shape index (κ1) is 16.5. The van der Waals surface area contributed by atoms with Gasteiger partial charge in [-0.05, 0) is 61.0 Å². The summed E-state index contributed by atoms with van der Waals surface area (Å²) in [7, 11) is -1.32. The smallest absolute Gasteiger partial charge is 0.451 e. The number of rotatable bonds is 6. The molecule has 1 saturated carbocycles. The van der Waals surface area contributed by atoms with Gasteiger partial charge in [-0.2, -0.15) is 0 Å². The number of carbonyl (C=O) groups is 1. The number of benzene rings is 1. The lowest BCUT2D eigenvalue weighted by atomic mass is 9.72. The van der Waals surface area contributed by atoms with Gasteiger partial charge >= 0.3 is 13.1 Å². The van der Waals surface area contributed by atoms with Crippen molar-refractivity contribution in [2.75, 3.05) is 0 Å². The lowest BCUT2D eigenvalue weighted by molar-refractivity contribution is -0.139. The van der Waals surface area contributed by atoms with Crippen LogP contribution in [-0.4, -0.2) is 28.2 Å². The summed E-state index contributed by atoms with van der Waals surface area (Å²) in [5.74, 6) is -1.29. The number of hydrogen-bond acceptors (Lipinski definition) is 4. The van der Waals surface area contributed by atoms with Crippen LogP contribution in [0.3, 0.4) is 0 Å². The Labute approximate surface area is 136 Å². The van der Waals surface area contributed by atoms with E-state index in [9.17, 15) is 9.90 Å². The molecule has 0 bridgehead atoms. The molecule has 124 valence electrons. The van der Waals surface area contributed by atoms with Crippen molar-refractivity contribution in [3.8, 4) is 0 Å². The van der Waals surface area contributed by atoms with Crippen molar-refractivity contribution in [3.63, 3.8) is 0 Å². The van der Waals surface area contributed by atoms with Gasteiger partial charge in [0, 0.05) is 5.54 Å². The second-order valence-electron chi connectivity index (χ2n) is 7.11. The lowest BCUT2D eigenvalue weighted by Gasteiger charge is -2.39. The normalized spacial score (nSPS) is 24.8. The van der Waals surface area contributed by atoms with Crippen LogP contribution in [0.4, 0.5) is 0 Å². The fourth-order valence-electron chi connectivity index (χ4n) is 4.05. The summed E-state index contributed by atoms with van der Waals surface area (Å²) in [4.78, 5) is 11.8. The van der Waals surface area contributed by atoms with Gasteiger partial charge in [0.2, 0.25) is 0 Å². The first-order valence-electron chi connectivity index (χ1n) is 8.42. The van der Waals surface area contributed by atoms with Crippen LogP contribution in [0.1, 0.15) is 54.7 Å². The molecule has 5 nitrogen and oxygen atoms in total. The zero-order chi connectivity index (χ0) is 16.6. The van der Waals surface area contributed by atoms with Gasteiger partial charge in [-0.15, -0.1) is 0 Å². The van der Waals surface area contributed by atoms with Crippen LogP contribution < -0.4 is 5.73 Å².